The quantitative estimate of drug-likeness (QED) is 0.885. The fraction of sp³-hybridized carbons (Fsp3) is 0.467. The molecule has 0 bridgehead atoms. The van der Waals surface area contributed by atoms with Gasteiger partial charge in [-0.25, -0.2) is 9.97 Å². The lowest BCUT2D eigenvalue weighted by molar-refractivity contribution is 0.229. The Morgan fingerprint density at radius 1 is 1.30 bits per heavy atom. The van der Waals surface area contributed by atoms with Gasteiger partial charge in [0.25, 0.3) is 0 Å². The van der Waals surface area contributed by atoms with E-state index in [0.29, 0.717) is 5.88 Å². The predicted octanol–water partition coefficient (Wildman–Crippen LogP) is 3.48. The lowest BCUT2D eigenvalue weighted by Gasteiger charge is -2.16. The van der Waals surface area contributed by atoms with E-state index in [1.54, 1.807) is 17.5 Å². The molecule has 5 heteroatoms. The third kappa shape index (κ3) is 3.77. The average molecular weight is 291 g/mol. The van der Waals surface area contributed by atoms with Crippen LogP contribution in [0.4, 0.5) is 0 Å². The number of aryl methyl sites for hydroxylation is 1. The Labute approximate surface area is 124 Å². The summed E-state index contributed by atoms with van der Waals surface area (Å²) in [7, 11) is 0. The smallest absolute Gasteiger partial charge is 0.218 e. The van der Waals surface area contributed by atoms with Gasteiger partial charge >= 0.3 is 0 Å². The zero-order valence-electron chi connectivity index (χ0n) is 12.4. The Morgan fingerprint density at radius 2 is 2.10 bits per heavy atom. The fourth-order valence-corrected chi connectivity index (χ4v) is 2.81. The molecular formula is C15H21N3OS. The van der Waals surface area contributed by atoms with E-state index in [1.807, 2.05) is 38.4 Å². The zero-order chi connectivity index (χ0) is 14.5. The van der Waals surface area contributed by atoms with E-state index in [2.05, 4.69) is 22.2 Å². The summed E-state index contributed by atoms with van der Waals surface area (Å²) >= 11 is 1.69. The summed E-state index contributed by atoms with van der Waals surface area (Å²) in [6.07, 6.45) is 1.89. The highest BCUT2D eigenvalue weighted by molar-refractivity contribution is 7.09. The SMILES string of the molecule is Cc1ncsc1C(C)NCc1cccnc1OC(C)C. The normalized spacial score (nSPS) is 12.7. The fourth-order valence-electron chi connectivity index (χ4n) is 1.97. The number of aromatic nitrogens is 2. The van der Waals surface area contributed by atoms with Gasteiger partial charge in [0.15, 0.2) is 0 Å². The Bertz CT molecular complexity index is 554. The van der Waals surface area contributed by atoms with Crippen LogP contribution >= 0.6 is 11.3 Å². The second-order valence-electron chi connectivity index (χ2n) is 5.04. The van der Waals surface area contributed by atoms with Crippen LogP contribution in [0.1, 0.15) is 42.9 Å². The van der Waals surface area contributed by atoms with Crippen LogP contribution in [0.5, 0.6) is 5.88 Å². The van der Waals surface area contributed by atoms with Crippen LogP contribution in [0.25, 0.3) is 0 Å². The summed E-state index contributed by atoms with van der Waals surface area (Å²) < 4.78 is 5.73. The molecule has 0 amide bonds. The molecule has 108 valence electrons. The maximum atomic E-state index is 5.73. The highest BCUT2D eigenvalue weighted by Crippen LogP contribution is 2.22. The van der Waals surface area contributed by atoms with E-state index in [1.165, 1.54) is 4.88 Å². The number of nitrogens with one attached hydrogen (secondary N) is 1. The minimum absolute atomic E-state index is 0.129. The van der Waals surface area contributed by atoms with E-state index >= 15 is 0 Å². The third-order valence-electron chi connectivity index (χ3n) is 2.97. The van der Waals surface area contributed by atoms with Crippen molar-refractivity contribution < 1.29 is 4.74 Å². The van der Waals surface area contributed by atoms with Crippen molar-refractivity contribution in [2.45, 2.75) is 46.4 Å². The Balaban J connectivity index is 2.02. The molecule has 1 unspecified atom stereocenters. The van der Waals surface area contributed by atoms with E-state index in [0.717, 1.165) is 17.8 Å². The van der Waals surface area contributed by atoms with E-state index in [9.17, 15) is 0 Å². The van der Waals surface area contributed by atoms with Gasteiger partial charge in [0.1, 0.15) is 0 Å². The van der Waals surface area contributed by atoms with Crippen molar-refractivity contribution in [1.29, 1.82) is 0 Å². The minimum atomic E-state index is 0.129. The number of nitrogens with zero attached hydrogens (tertiary/aromatic N) is 2. The van der Waals surface area contributed by atoms with Gasteiger partial charge in [-0.1, -0.05) is 6.07 Å². The summed E-state index contributed by atoms with van der Waals surface area (Å²) in [6, 6.07) is 4.26. The lowest BCUT2D eigenvalue weighted by Crippen LogP contribution is -2.19. The Hall–Kier alpha value is -1.46. The molecule has 2 heterocycles. The first-order valence-corrected chi connectivity index (χ1v) is 7.69. The van der Waals surface area contributed by atoms with Crippen molar-refractivity contribution in [1.82, 2.24) is 15.3 Å². The summed E-state index contributed by atoms with van der Waals surface area (Å²) in [6.45, 7) is 8.94. The lowest BCUT2D eigenvalue weighted by atomic mass is 10.2. The standard InChI is InChI=1S/C15H21N3OS/c1-10(2)19-15-13(6-5-7-16-15)8-17-11(3)14-12(4)18-9-20-14/h5-7,9-11,17H,8H2,1-4H3. The molecule has 0 radical (unpaired) electrons. The highest BCUT2D eigenvalue weighted by Gasteiger charge is 2.12. The molecular weight excluding hydrogens is 270 g/mol. The van der Waals surface area contributed by atoms with Gasteiger partial charge in [0.2, 0.25) is 5.88 Å². The van der Waals surface area contributed by atoms with Crippen molar-refractivity contribution in [3.63, 3.8) is 0 Å². The zero-order valence-corrected chi connectivity index (χ0v) is 13.2. The van der Waals surface area contributed by atoms with Crippen molar-refractivity contribution in [2.75, 3.05) is 0 Å². The van der Waals surface area contributed by atoms with E-state index < -0.39 is 0 Å². The van der Waals surface area contributed by atoms with Crippen LogP contribution in [-0.2, 0) is 6.54 Å². The molecule has 0 aliphatic rings. The average Bonchev–Trinajstić information content (AvgIpc) is 2.83. The van der Waals surface area contributed by atoms with Crippen LogP contribution in [0.2, 0.25) is 0 Å². The van der Waals surface area contributed by atoms with E-state index in [-0.39, 0.29) is 12.1 Å². The number of thiazole rings is 1. The van der Waals surface area contributed by atoms with Crippen LogP contribution in [0.3, 0.4) is 0 Å². The first-order chi connectivity index (χ1) is 9.58. The molecule has 0 saturated heterocycles. The van der Waals surface area contributed by atoms with Gasteiger partial charge in [0, 0.05) is 29.2 Å². The Morgan fingerprint density at radius 3 is 2.75 bits per heavy atom. The first kappa shape index (κ1) is 14.9. The maximum absolute atomic E-state index is 5.73. The topological polar surface area (TPSA) is 47.0 Å². The molecule has 2 aromatic heterocycles. The molecule has 4 nitrogen and oxygen atoms in total. The van der Waals surface area contributed by atoms with Gasteiger partial charge in [-0.2, -0.15) is 0 Å². The van der Waals surface area contributed by atoms with Gasteiger partial charge < -0.3 is 10.1 Å². The molecule has 0 saturated carbocycles. The van der Waals surface area contributed by atoms with Gasteiger partial charge in [-0.3, -0.25) is 0 Å². The number of pyridine rings is 1. The molecule has 1 atom stereocenters. The summed E-state index contributed by atoms with van der Waals surface area (Å²) in [5, 5.41) is 3.51. The molecule has 2 rings (SSSR count). The molecule has 20 heavy (non-hydrogen) atoms. The van der Waals surface area contributed by atoms with Crippen molar-refractivity contribution >= 4 is 11.3 Å². The number of hydrogen-bond donors (Lipinski definition) is 1. The summed E-state index contributed by atoms with van der Waals surface area (Å²) in [5.41, 5.74) is 4.07. The predicted molar refractivity (Wildman–Crippen MR) is 82.1 cm³/mol. The summed E-state index contributed by atoms with van der Waals surface area (Å²) in [4.78, 5) is 9.87. The third-order valence-corrected chi connectivity index (χ3v) is 4.09. The van der Waals surface area contributed by atoms with Gasteiger partial charge in [0.05, 0.1) is 17.3 Å². The molecule has 0 aliphatic heterocycles. The second kappa shape index (κ2) is 6.81. The molecule has 0 fully saturated rings. The first-order valence-electron chi connectivity index (χ1n) is 6.82. The van der Waals surface area contributed by atoms with Crippen molar-refractivity contribution in [2.24, 2.45) is 0 Å². The monoisotopic (exact) mass is 291 g/mol. The minimum Gasteiger partial charge on any atom is -0.475 e. The van der Waals surface area contributed by atoms with Crippen molar-refractivity contribution in [3.8, 4) is 5.88 Å². The molecule has 0 spiro atoms. The van der Waals surface area contributed by atoms with Crippen LogP contribution in [0.15, 0.2) is 23.8 Å². The summed E-state index contributed by atoms with van der Waals surface area (Å²) in [5.74, 6) is 0.711. The largest absolute Gasteiger partial charge is 0.475 e. The highest BCUT2D eigenvalue weighted by atomic mass is 32.1. The number of rotatable bonds is 6. The Kier molecular flexibility index (Phi) is 5.09. The number of ether oxygens (including phenoxy) is 1. The molecule has 0 aromatic carbocycles. The number of hydrogen-bond acceptors (Lipinski definition) is 5. The molecule has 2 aromatic rings. The van der Waals surface area contributed by atoms with Crippen molar-refractivity contribution in [3.05, 3.63) is 40.0 Å². The van der Waals surface area contributed by atoms with Crippen LogP contribution < -0.4 is 10.1 Å². The maximum Gasteiger partial charge on any atom is 0.218 e. The molecule has 0 aliphatic carbocycles. The van der Waals surface area contributed by atoms with Gasteiger partial charge in [-0.15, -0.1) is 11.3 Å². The molecule has 1 N–H and O–H groups in total. The van der Waals surface area contributed by atoms with Crippen LogP contribution in [-0.4, -0.2) is 16.1 Å². The van der Waals surface area contributed by atoms with Crippen LogP contribution in [0, 0.1) is 6.92 Å². The second-order valence-corrected chi connectivity index (χ2v) is 5.93. The van der Waals surface area contributed by atoms with Gasteiger partial charge in [-0.05, 0) is 33.8 Å². The van der Waals surface area contributed by atoms with E-state index in [4.69, 9.17) is 4.74 Å².